The first-order valence-corrected chi connectivity index (χ1v) is 8.97. The van der Waals surface area contributed by atoms with Gasteiger partial charge in [-0.15, -0.1) is 10.2 Å². The molecule has 1 atom stereocenters. The second kappa shape index (κ2) is 7.99. The lowest BCUT2D eigenvalue weighted by Crippen LogP contribution is -2.41. The molecule has 1 aliphatic heterocycles. The van der Waals surface area contributed by atoms with Crippen LogP contribution in [-0.2, 0) is 4.79 Å². The van der Waals surface area contributed by atoms with Crippen molar-refractivity contribution < 1.29 is 9.53 Å². The quantitative estimate of drug-likeness (QED) is 0.705. The number of nitrogens with one attached hydrogen (secondary N) is 1. The molecule has 144 valence electrons. The standard InChI is InChI=1S/C18H20N8O2/c1-28-17-7-4-14(9-20-17)22-18(27)13-3-2-8-25(10-13)15-5-6-16(24-23-15)26-12-19-11-21-26/h4-7,9,11-13H,2-3,8,10H2,1H3,(H,22,27). The van der Waals surface area contributed by atoms with E-state index in [0.29, 0.717) is 23.9 Å². The monoisotopic (exact) mass is 380 g/mol. The Hall–Kier alpha value is -3.56. The summed E-state index contributed by atoms with van der Waals surface area (Å²) >= 11 is 0. The summed E-state index contributed by atoms with van der Waals surface area (Å²) in [5.74, 6) is 1.69. The maximum Gasteiger partial charge on any atom is 0.229 e. The Balaban J connectivity index is 1.40. The predicted molar refractivity (Wildman–Crippen MR) is 101 cm³/mol. The molecule has 1 unspecified atom stereocenters. The number of methoxy groups -OCH3 is 1. The number of pyridine rings is 1. The molecule has 3 aromatic rings. The van der Waals surface area contributed by atoms with Crippen LogP contribution in [-0.4, -0.2) is 56.1 Å². The van der Waals surface area contributed by atoms with E-state index in [-0.39, 0.29) is 11.8 Å². The fourth-order valence-electron chi connectivity index (χ4n) is 3.15. The summed E-state index contributed by atoms with van der Waals surface area (Å²) < 4.78 is 6.58. The zero-order valence-electron chi connectivity index (χ0n) is 15.4. The minimum absolute atomic E-state index is 0.0242. The molecule has 0 aromatic carbocycles. The first-order chi connectivity index (χ1) is 13.7. The molecule has 10 heteroatoms. The average Bonchev–Trinajstić information content (AvgIpc) is 3.29. The third-order valence-corrected chi connectivity index (χ3v) is 4.62. The molecule has 1 saturated heterocycles. The van der Waals surface area contributed by atoms with Crippen molar-refractivity contribution in [1.82, 2.24) is 29.9 Å². The van der Waals surface area contributed by atoms with Gasteiger partial charge in [0, 0.05) is 19.2 Å². The number of carbonyl (C=O) groups excluding carboxylic acids is 1. The molecule has 0 spiro atoms. The Morgan fingerprint density at radius 2 is 2.07 bits per heavy atom. The highest BCUT2D eigenvalue weighted by molar-refractivity contribution is 5.92. The maximum atomic E-state index is 12.7. The van der Waals surface area contributed by atoms with Gasteiger partial charge in [0.2, 0.25) is 11.8 Å². The molecule has 1 amide bonds. The Labute approximate surface area is 161 Å². The van der Waals surface area contributed by atoms with Gasteiger partial charge in [-0.05, 0) is 31.0 Å². The van der Waals surface area contributed by atoms with E-state index in [9.17, 15) is 4.79 Å². The lowest BCUT2D eigenvalue weighted by Gasteiger charge is -2.32. The van der Waals surface area contributed by atoms with E-state index in [2.05, 4.69) is 35.5 Å². The van der Waals surface area contributed by atoms with Crippen LogP contribution in [0.5, 0.6) is 5.88 Å². The van der Waals surface area contributed by atoms with Crippen molar-refractivity contribution >= 4 is 17.4 Å². The van der Waals surface area contributed by atoms with Gasteiger partial charge >= 0.3 is 0 Å². The fraction of sp³-hybridized carbons (Fsp3) is 0.333. The van der Waals surface area contributed by atoms with Gasteiger partial charge in [0.25, 0.3) is 0 Å². The number of amides is 1. The van der Waals surface area contributed by atoms with Crippen molar-refractivity contribution in [3.8, 4) is 11.7 Å². The summed E-state index contributed by atoms with van der Waals surface area (Å²) in [5, 5.41) is 15.4. The summed E-state index contributed by atoms with van der Waals surface area (Å²) in [6.45, 7) is 1.43. The molecule has 0 bridgehead atoms. The number of aromatic nitrogens is 6. The zero-order chi connectivity index (χ0) is 19.3. The predicted octanol–water partition coefficient (Wildman–Crippen LogP) is 1.32. The number of nitrogens with zero attached hydrogens (tertiary/aromatic N) is 7. The highest BCUT2D eigenvalue weighted by atomic mass is 16.5. The van der Waals surface area contributed by atoms with E-state index in [1.165, 1.54) is 6.33 Å². The number of hydrogen-bond acceptors (Lipinski definition) is 8. The number of ether oxygens (including phenoxy) is 1. The van der Waals surface area contributed by atoms with E-state index in [1.807, 2.05) is 12.1 Å². The number of piperidine rings is 1. The van der Waals surface area contributed by atoms with Gasteiger partial charge in [-0.2, -0.15) is 5.10 Å². The SMILES string of the molecule is COc1ccc(NC(=O)C2CCCN(c3ccc(-n4cncn4)nn3)C2)cn1. The third-order valence-electron chi connectivity index (χ3n) is 4.62. The first-order valence-electron chi connectivity index (χ1n) is 8.97. The highest BCUT2D eigenvalue weighted by Crippen LogP contribution is 2.23. The molecule has 4 rings (SSSR count). The Morgan fingerprint density at radius 1 is 1.21 bits per heavy atom. The average molecular weight is 380 g/mol. The molecule has 1 aliphatic rings. The summed E-state index contributed by atoms with van der Waals surface area (Å²) in [6.07, 6.45) is 6.34. The van der Waals surface area contributed by atoms with E-state index in [4.69, 9.17) is 4.74 Å². The van der Waals surface area contributed by atoms with E-state index in [0.717, 1.165) is 25.2 Å². The second-order valence-electron chi connectivity index (χ2n) is 6.45. The first kappa shape index (κ1) is 17.8. The normalized spacial score (nSPS) is 16.6. The Kier molecular flexibility index (Phi) is 5.09. The number of carbonyl (C=O) groups is 1. The van der Waals surface area contributed by atoms with E-state index < -0.39 is 0 Å². The lowest BCUT2D eigenvalue weighted by molar-refractivity contribution is -0.120. The molecule has 0 aliphatic carbocycles. The van der Waals surface area contributed by atoms with Gasteiger partial charge < -0.3 is 15.0 Å². The van der Waals surface area contributed by atoms with Crippen LogP contribution in [0.3, 0.4) is 0 Å². The smallest absolute Gasteiger partial charge is 0.229 e. The van der Waals surface area contributed by atoms with Crippen LogP contribution in [0.25, 0.3) is 5.82 Å². The fourth-order valence-corrected chi connectivity index (χ4v) is 3.15. The van der Waals surface area contributed by atoms with Crippen molar-refractivity contribution in [3.63, 3.8) is 0 Å². The zero-order valence-corrected chi connectivity index (χ0v) is 15.4. The Morgan fingerprint density at radius 3 is 2.75 bits per heavy atom. The largest absolute Gasteiger partial charge is 0.481 e. The molecule has 28 heavy (non-hydrogen) atoms. The highest BCUT2D eigenvalue weighted by Gasteiger charge is 2.27. The Bertz CT molecular complexity index is 912. The van der Waals surface area contributed by atoms with Crippen molar-refractivity contribution in [2.24, 2.45) is 5.92 Å². The van der Waals surface area contributed by atoms with Crippen molar-refractivity contribution in [3.05, 3.63) is 43.1 Å². The molecule has 1 N–H and O–H groups in total. The van der Waals surface area contributed by atoms with E-state index in [1.54, 1.807) is 36.4 Å². The summed E-state index contributed by atoms with van der Waals surface area (Å²) in [7, 11) is 1.55. The van der Waals surface area contributed by atoms with Crippen LogP contribution in [0.15, 0.2) is 43.1 Å². The molecule has 3 aromatic heterocycles. The third kappa shape index (κ3) is 3.90. The van der Waals surface area contributed by atoms with Crippen LogP contribution < -0.4 is 15.0 Å². The minimum Gasteiger partial charge on any atom is -0.481 e. The molecular formula is C18H20N8O2. The number of hydrogen-bond donors (Lipinski definition) is 1. The van der Waals surface area contributed by atoms with Gasteiger partial charge in [0.05, 0.1) is 24.9 Å². The number of anilines is 2. The van der Waals surface area contributed by atoms with E-state index >= 15 is 0 Å². The maximum absolute atomic E-state index is 12.7. The van der Waals surface area contributed by atoms with Crippen LogP contribution in [0.1, 0.15) is 12.8 Å². The van der Waals surface area contributed by atoms with Crippen molar-refractivity contribution in [2.45, 2.75) is 12.8 Å². The van der Waals surface area contributed by atoms with Gasteiger partial charge in [-0.25, -0.2) is 14.6 Å². The molecule has 1 fully saturated rings. The summed E-state index contributed by atoms with van der Waals surface area (Å²) in [5.41, 5.74) is 0.653. The molecular weight excluding hydrogens is 360 g/mol. The van der Waals surface area contributed by atoms with Crippen LogP contribution >= 0.6 is 0 Å². The molecule has 4 heterocycles. The summed E-state index contributed by atoms with van der Waals surface area (Å²) in [6, 6.07) is 7.22. The van der Waals surface area contributed by atoms with Gasteiger partial charge in [0.1, 0.15) is 12.7 Å². The molecule has 10 nitrogen and oxygen atoms in total. The van der Waals surface area contributed by atoms with Gasteiger partial charge in [0.15, 0.2) is 11.6 Å². The molecule has 0 radical (unpaired) electrons. The van der Waals surface area contributed by atoms with Crippen LogP contribution in [0.2, 0.25) is 0 Å². The summed E-state index contributed by atoms with van der Waals surface area (Å²) in [4.78, 5) is 22.8. The number of rotatable bonds is 5. The molecule has 0 saturated carbocycles. The van der Waals surface area contributed by atoms with Crippen LogP contribution in [0, 0.1) is 5.92 Å². The lowest BCUT2D eigenvalue weighted by atomic mass is 9.97. The van der Waals surface area contributed by atoms with Gasteiger partial charge in [-0.3, -0.25) is 4.79 Å². The van der Waals surface area contributed by atoms with Crippen LogP contribution in [0.4, 0.5) is 11.5 Å². The topological polar surface area (TPSA) is 111 Å². The van der Waals surface area contributed by atoms with Gasteiger partial charge in [-0.1, -0.05) is 0 Å². The minimum atomic E-state index is -0.132. The van der Waals surface area contributed by atoms with Crippen molar-refractivity contribution in [1.29, 1.82) is 0 Å². The second-order valence-corrected chi connectivity index (χ2v) is 6.45. The van der Waals surface area contributed by atoms with Crippen molar-refractivity contribution in [2.75, 3.05) is 30.4 Å².